The molecule has 0 atom stereocenters. The molecule has 1 aliphatic rings. The fourth-order valence-electron chi connectivity index (χ4n) is 4.33. The van der Waals surface area contributed by atoms with Crippen LogP contribution in [0.2, 0.25) is 0 Å². The van der Waals surface area contributed by atoms with Crippen molar-refractivity contribution in [2.45, 2.75) is 25.8 Å². The third kappa shape index (κ3) is 6.32. The maximum atomic E-state index is 13.0. The van der Waals surface area contributed by atoms with Gasteiger partial charge in [0.1, 0.15) is 0 Å². The van der Waals surface area contributed by atoms with E-state index >= 15 is 0 Å². The molecule has 7 nitrogen and oxygen atoms in total. The molecule has 0 saturated carbocycles. The zero-order chi connectivity index (χ0) is 23.8. The summed E-state index contributed by atoms with van der Waals surface area (Å²) in [6.07, 6.45) is 2.54. The van der Waals surface area contributed by atoms with Gasteiger partial charge in [0, 0.05) is 26.1 Å². The van der Waals surface area contributed by atoms with Crippen molar-refractivity contribution >= 4 is 5.91 Å². The Morgan fingerprint density at radius 3 is 1.91 bits per heavy atom. The quantitative estimate of drug-likeness (QED) is 0.544. The van der Waals surface area contributed by atoms with Crippen LogP contribution in [-0.4, -0.2) is 70.8 Å². The maximum Gasteiger partial charge on any atom is 0.225 e. The van der Waals surface area contributed by atoms with Crippen LogP contribution in [-0.2, 0) is 17.8 Å². The molecule has 0 bridgehead atoms. The number of hydrogen-bond donors (Lipinski definition) is 0. The van der Waals surface area contributed by atoms with E-state index in [9.17, 15) is 4.79 Å². The average molecular weight is 457 g/mol. The Hall–Kier alpha value is -2.93. The van der Waals surface area contributed by atoms with E-state index in [4.69, 9.17) is 18.9 Å². The second kappa shape index (κ2) is 11.8. The molecule has 0 aromatic heterocycles. The highest BCUT2D eigenvalue weighted by Gasteiger charge is 2.27. The average Bonchev–Trinajstić information content (AvgIpc) is 2.86. The van der Waals surface area contributed by atoms with Gasteiger partial charge in [-0.05, 0) is 67.7 Å². The number of carbonyl (C=O) groups is 1. The van der Waals surface area contributed by atoms with Crippen molar-refractivity contribution < 1.29 is 23.7 Å². The molecule has 0 N–H and O–H groups in total. The fraction of sp³-hybridized carbons (Fsp3) is 0.500. The van der Waals surface area contributed by atoms with E-state index in [0.29, 0.717) is 18.0 Å². The van der Waals surface area contributed by atoms with Gasteiger partial charge in [0.25, 0.3) is 0 Å². The van der Waals surface area contributed by atoms with E-state index in [-0.39, 0.29) is 11.8 Å². The number of likely N-dealkylation sites (N-methyl/N-ethyl adjacent to an activating group) is 1. The Balaban J connectivity index is 1.47. The van der Waals surface area contributed by atoms with Gasteiger partial charge in [-0.15, -0.1) is 0 Å². The molecule has 7 heteroatoms. The largest absolute Gasteiger partial charge is 0.493 e. The van der Waals surface area contributed by atoms with Crippen LogP contribution in [0.25, 0.3) is 0 Å². The molecule has 1 aliphatic heterocycles. The molecule has 1 fully saturated rings. The van der Waals surface area contributed by atoms with Crippen molar-refractivity contribution in [2.24, 2.45) is 5.92 Å². The lowest BCUT2D eigenvalue weighted by molar-refractivity contribution is -0.135. The number of ether oxygens (including phenoxy) is 4. The molecule has 1 saturated heterocycles. The van der Waals surface area contributed by atoms with Crippen LogP contribution < -0.4 is 18.9 Å². The molecule has 180 valence electrons. The van der Waals surface area contributed by atoms with Gasteiger partial charge < -0.3 is 23.8 Å². The van der Waals surface area contributed by atoms with Crippen LogP contribution >= 0.6 is 0 Å². The number of methoxy groups -OCH3 is 4. The van der Waals surface area contributed by atoms with Crippen molar-refractivity contribution in [1.29, 1.82) is 0 Å². The number of hydrogen-bond acceptors (Lipinski definition) is 6. The van der Waals surface area contributed by atoms with E-state index in [1.807, 2.05) is 42.3 Å². The topological polar surface area (TPSA) is 60.5 Å². The number of likely N-dealkylation sites (tertiary alicyclic amines) is 1. The molecular formula is C26H36N2O5. The van der Waals surface area contributed by atoms with Crippen molar-refractivity contribution in [1.82, 2.24) is 9.80 Å². The van der Waals surface area contributed by atoms with Crippen molar-refractivity contribution in [2.75, 3.05) is 55.1 Å². The molecule has 1 heterocycles. The molecule has 2 aromatic carbocycles. The lowest BCUT2D eigenvalue weighted by Gasteiger charge is -2.33. The summed E-state index contributed by atoms with van der Waals surface area (Å²) in [6, 6.07) is 11.9. The zero-order valence-electron chi connectivity index (χ0n) is 20.4. The first-order valence-corrected chi connectivity index (χ1v) is 11.4. The van der Waals surface area contributed by atoms with Gasteiger partial charge in [0.15, 0.2) is 23.0 Å². The summed E-state index contributed by atoms with van der Waals surface area (Å²) >= 11 is 0. The van der Waals surface area contributed by atoms with Crippen LogP contribution in [0.4, 0.5) is 0 Å². The lowest BCUT2D eigenvalue weighted by atomic mass is 9.95. The summed E-state index contributed by atoms with van der Waals surface area (Å²) in [4.78, 5) is 17.3. The van der Waals surface area contributed by atoms with Gasteiger partial charge in [-0.2, -0.15) is 0 Å². The molecule has 0 aliphatic carbocycles. The van der Waals surface area contributed by atoms with Gasteiger partial charge in [0.05, 0.1) is 28.4 Å². The van der Waals surface area contributed by atoms with E-state index in [2.05, 4.69) is 11.0 Å². The van der Waals surface area contributed by atoms with E-state index in [1.165, 1.54) is 5.56 Å². The molecule has 1 amide bonds. The first kappa shape index (κ1) is 24.7. The van der Waals surface area contributed by atoms with Gasteiger partial charge >= 0.3 is 0 Å². The van der Waals surface area contributed by atoms with Crippen molar-refractivity contribution in [3.63, 3.8) is 0 Å². The standard InChI is InChI=1S/C26H36N2O5/c1-27(13-10-19-6-8-22(30-2)24(16-19)32-4)26(29)21-11-14-28(15-12-21)18-20-7-9-23(31-3)25(17-20)33-5/h6-9,16-17,21H,10-15,18H2,1-5H3. The van der Waals surface area contributed by atoms with E-state index in [1.54, 1.807) is 28.4 Å². The van der Waals surface area contributed by atoms with Gasteiger partial charge in [-0.1, -0.05) is 12.1 Å². The number of piperidine rings is 1. The number of benzene rings is 2. The third-order valence-electron chi connectivity index (χ3n) is 6.35. The third-order valence-corrected chi connectivity index (χ3v) is 6.35. The highest BCUT2D eigenvalue weighted by molar-refractivity contribution is 5.78. The fourth-order valence-corrected chi connectivity index (χ4v) is 4.33. The summed E-state index contributed by atoms with van der Waals surface area (Å²) in [7, 11) is 8.46. The Kier molecular flexibility index (Phi) is 8.83. The normalized spacial score (nSPS) is 14.6. The number of carbonyl (C=O) groups excluding carboxylic acids is 1. The van der Waals surface area contributed by atoms with Crippen LogP contribution in [0.5, 0.6) is 23.0 Å². The second-order valence-corrected chi connectivity index (χ2v) is 8.44. The minimum absolute atomic E-state index is 0.0852. The lowest BCUT2D eigenvalue weighted by Crippen LogP contribution is -2.41. The molecule has 2 aromatic rings. The van der Waals surface area contributed by atoms with E-state index in [0.717, 1.165) is 56.0 Å². The summed E-state index contributed by atoms with van der Waals surface area (Å²) in [5, 5.41) is 0. The van der Waals surface area contributed by atoms with Crippen molar-refractivity contribution in [3.8, 4) is 23.0 Å². The molecule has 0 spiro atoms. The molecular weight excluding hydrogens is 420 g/mol. The monoisotopic (exact) mass is 456 g/mol. The predicted octanol–water partition coefficient (Wildman–Crippen LogP) is 3.63. The Morgan fingerprint density at radius 2 is 1.36 bits per heavy atom. The van der Waals surface area contributed by atoms with Crippen LogP contribution in [0.3, 0.4) is 0 Å². The molecule has 3 rings (SSSR count). The molecule has 33 heavy (non-hydrogen) atoms. The van der Waals surface area contributed by atoms with Crippen LogP contribution in [0, 0.1) is 5.92 Å². The van der Waals surface area contributed by atoms with Crippen molar-refractivity contribution in [3.05, 3.63) is 47.5 Å². The minimum atomic E-state index is 0.0852. The number of rotatable bonds is 10. The Morgan fingerprint density at radius 1 is 0.848 bits per heavy atom. The summed E-state index contributed by atoms with van der Waals surface area (Å²) in [5.41, 5.74) is 2.31. The highest BCUT2D eigenvalue weighted by Crippen LogP contribution is 2.30. The van der Waals surface area contributed by atoms with Gasteiger partial charge in [-0.3, -0.25) is 9.69 Å². The van der Waals surface area contributed by atoms with Crippen LogP contribution in [0.15, 0.2) is 36.4 Å². The highest BCUT2D eigenvalue weighted by atomic mass is 16.5. The number of nitrogens with zero attached hydrogens (tertiary/aromatic N) is 2. The first-order valence-electron chi connectivity index (χ1n) is 11.4. The summed E-state index contributed by atoms with van der Waals surface area (Å²) in [6.45, 7) is 3.35. The molecule has 0 unspecified atom stereocenters. The van der Waals surface area contributed by atoms with Gasteiger partial charge in [0.2, 0.25) is 5.91 Å². The predicted molar refractivity (Wildman–Crippen MR) is 128 cm³/mol. The number of amides is 1. The summed E-state index contributed by atoms with van der Waals surface area (Å²) in [5.74, 6) is 3.23. The Labute approximate surface area is 197 Å². The zero-order valence-corrected chi connectivity index (χ0v) is 20.4. The minimum Gasteiger partial charge on any atom is -0.493 e. The Bertz CT molecular complexity index is 925. The SMILES string of the molecule is COc1ccc(CCN(C)C(=O)C2CCN(Cc3ccc(OC)c(OC)c3)CC2)cc1OC. The first-order chi connectivity index (χ1) is 16.0. The second-order valence-electron chi connectivity index (χ2n) is 8.44. The van der Waals surface area contributed by atoms with Gasteiger partial charge in [-0.25, -0.2) is 0 Å². The van der Waals surface area contributed by atoms with Crippen LogP contribution in [0.1, 0.15) is 24.0 Å². The summed E-state index contributed by atoms with van der Waals surface area (Å²) < 4.78 is 21.4. The molecule has 0 radical (unpaired) electrons. The maximum absolute atomic E-state index is 13.0. The smallest absolute Gasteiger partial charge is 0.225 e. The van der Waals surface area contributed by atoms with E-state index < -0.39 is 0 Å².